The molecule has 0 fully saturated rings. The fraction of sp³-hybridized carbons (Fsp3) is 0.900. The van der Waals surface area contributed by atoms with Crippen LogP contribution in [0.2, 0.25) is 0 Å². The van der Waals surface area contributed by atoms with Crippen molar-refractivity contribution in [2.45, 2.75) is 6.42 Å². The number of hydrogen-bond acceptors (Lipinski definition) is 5. The van der Waals surface area contributed by atoms with Gasteiger partial charge in [0.15, 0.2) is 0 Å². The van der Waals surface area contributed by atoms with Gasteiger partial charge in [-0.05, 0) is 6.42 Å². The van der Waals surface area contributed by atoms with Gasteiger partial charge in [-0.2, -0.15) is 0 Å². The quantitative estimate of drug-likeness (QED) is 0.574. The van der Waals surface area contributed by atoms with Crippen LogP contribution in [0.3, 0.4) is 0 Å². The minimum atomic E-state index is -0.429. The van der Waals surface area contributed by atoms with Crippen molar-refractivity contribution in [3.63, 3.8) is 0 Å². The van der Waals surface area contributed by atoms with E-state index in [1.54, 1.807) is 14.2 Å². The van der Waals surface area contributed by atoms with Gasteiger partial charge in [-0.25, -0.2) is 4.79 Å². The lowest BCUT2D eigenvalue weighted by Crippen LogP contribution is -2.36. The zero-order valence-electron chi connectivity index (χ0n) is 9.98. The Bertz CT molecular complexity index is 177. The topological polar surface area (TPSA) is 68.2 Å². The van der Waals surface area contributed by atoms with Crippen molar-refractivity contribution < 1.29 is 24.1 Å². The average molecular weight is 235 g/mol. The molecule has 0 heterocycles. The van der Waals surface area contributed by atoms with Gasteiger partial charge in [-0.3, -0.25) is 0 Å². The number of hydrogen-bond donors (Lipinski definition) is 1. The van der Waals surface area contributed by atoms with Crippen LogP contribution in [0.1, 0.15) is 6.42 Å². The van der Waals surface area contributed by atoms with Gasteiger partial charge < -0.3 is 24.2 Å². The summed E-state index contributed by atoms with van der Waals surface area (Å²) in [5, 5.41) is 8.55. The van der Waals surface area contributed by atoms with E-state index in [1.165, 1.54) is 4.90 Å². The highest BCUT2D eigenvalue weighted by atomic mass is 16.6. The van der Waals surface area contributed by atoms with E-state index in [-0.39, 0.29) is 13.2 Å². The molecule has 0 unspecified atom stereocenters. The van der Waals surface area contributed by atoms with Crippen LogP contribution in [-0.2, 0) is 14.2 Å². The van der Waals surface area contributed by atoms with Crippen LogP contribution in [0.25, 0.3) is 0 Å². The third-order valence-corrected chi connectivity index (χ3v) is 1.92. The van der Waals surface area contributed by atoms with Gasteiger partial charge in [-0.15, -0.1) is 0 Å². The third kappa shape index (κ3) is 7.44. The second kappa shape index (κ2) is 10.7. The van der Waals surface area contributed by atoms with E-state index >= 15 is 0 Å². The van der Waals surface area contributed by atoms with E-state index in [9.17, 15) is 4.79 Å². The van der Waals surface area contributed by atoms with E-state index < -0.39 is 6.09 Å². The summed E-state index contributed by atoms with van der Waals surface area (Å²) in [6, 6.07) is 0. The fourth-order valence-electron chi connectivity index (χ4n) is 1.12. The fourth-order valence-corrected chi connectivity index (χ4v) is 1.12. The maximum Gasteiger partial charge on any atom is 0.409 e. The molecule has 0 aliphatic heterocycles. The van der Waals surface area contributed by atoms with Gasteiger partial charge >= 0.3 is 6.09 Å². The number of aliphatic hydroxyl groups excluding tert-OH is 1. The molecule has 0 aromatic heterocycles. The Kier molecular flexibility index (Phi) is 10.1. The zero-order chi connectivity index (χ0) is 12.2. The minimum Gasteiger partial charge on any atom is -0.447 e. The Labute approximate surface area is 96.1 Å². The average Bonchev–Trinajstić information content (AvgIpc) is 2.30. The molecule has 6 nitrogen and oxygen atoms in total. The standard InChI is InChI=1S/C10H21NO5/c1-14-7-3-4-11(5-8-15-2)10(13)16-9-6-12/h12H,3-9H2,1-2H3. The SMILES string of the molecule is COCCCN(CCOC)C(=O)OCCO. The number of carbonyl (C=O) groups excluding carboxylic acids is 1. The Morgan fingerprint density at radius 1 is 1.12 bits per heavy atom. The second-order valence-corrected chi connectivity index (χ2v) is 3.16. The molecule has 0 saturated heterocycles. The molecule has 96 valence electrons. The largest absolute Gasteiger partial charge is 0.447 e. The summed E-state index contributed by atoms with van der Waals surface area (Å²) in [5.41, 5.74) is 0. The van der Waals surface area contributed by atoms with Crippen LogP contribution in [0.5, 0.6) is 0 Å². The van der Waals surface area contributed by atoms with E-state index in [2.05, 4.69) is 0 Å². The van der Waals surface area contributed by atoms with Crippen LogP contribution in [0, 0.1) is 0 Å². The van der Waals surface area contributed by atoms with Gasteiger partial charge in [0.1, 0.15) is 6.61 Å². The number of methoxy groups -OCH3 is 2. The lowest BCUT2D eigenvalue weighted by atomic mass is 10.4. The molecule has 6 heteroatoms. The molecule has 0 aromatic carbocycles. The van der Waals surface area contributed by atoms with Crippen molar-refractivity contribution in [1.82, 2.24) is 4.90 Å². The van der Waals surface area contributed by atoms with Gasteiger partial charge in [0.25, 0.3) is 0 Å². The van der Waals surface area contributed by atoms with Crippen LogP contribution < -0.4 is 0 Å². The van der Waals surface area contributed by atoms with Crippen LogP contribution in [0.15, 0.2) is 0 Å². The molecule has 16 heavy (non-hydrogen) atoms. The molecular formula is C10H21NO5. The minimum absolute atomic E-state index is 0.0204. The number of rotatable bonds is 9. The molecule has 0 saturated carbocycles. The Balaban J connectivity index is 3.91. The summed E-state index contributed by atoms with van der Waals surface area (Å²) in [5.74, 6) is 0. The van der Waals surface area contributed by atoms with Crippen molar-refractivity contribution in [3.05, 3.63) is 0 Å². The van der Waals surface area contributed by atoms with Crippen molar-refractivity contribution in [2.75, 3.05) is 53.7 Å². The highest BCUT2D eigenvalue weighted by molar-refractivity contribution is 5.67. The Morgan fingerprint density at radius 3 is 2.38 bits per heavy atom. The van der Waals surface area contributed by atoms with Crippen molar-refractivity contribution in [2.24, 2.45) is 0 Å². The number of carbonyl (C=O) groups is 1. The van der Waals surface area contributed by atoms with Gasteiger partial charge in [0, 0.05) is 33.9 Å². The molecule has 1 N–H and O–H groups in total. The first-order valence-corrected chi connectivity index (χ1v) is 5.26. The predicted molar refractivity (Wildman–Crippen MR) is 58.4 cm³/mol. The van der Waals surface area contributed by atoms with Gasteiger partial charge in [0.05, 0.1) is 13.2 Å². The van der Waals surface area contributed by atoms with E-state index in [1.807, 2.05) is 0 Å². The molecule has 0 aromatic rings. The third-order valence-electron chi connectivity index (χ3n) is 1.92. The molecule has 1 amide bonds. The predicted octanol–water partition coefficient (Wildman–Crippen LogP) is 0.100. The molecule has 0 bridgehead atoms. The molecule has 0 spiro atoms. The smallest absolute Gasteiger partial charge is 0.409 e. The lowest BCUT2D eigenvalue weighted by molar-refractivity contribution is 0.0701. The lowest BCUT2D eigenvalue weighted by Gasteiger charge is -2.21. The van der Waals surface area contributed by atoms with Gasteiger partial charge in [-0.1, -0.05) is 0 Å². The first kappa shape index (κ1) is 15.2. The normalized spacial score (nSPS) is 10.2. The summed E-state index contributed by atoms with van der Waals surface area (Å²) in [7, 11) is 3.19. The summed E-state index contributed by atoms with van der Waals surface area (Å²) in [6.45, 7) is 1.94. The number of aliphatic hydroxyl groups is 1. The van der Waals surface area contributed by atoms with Crippen LogP contribution in [-0.4, -0.2) is 69.8 Å². The number of nitrogens with zero attached hydrogens (tertiary/aromatic N) is 1. The number of amides is 1. The van der Waals surface area contributed by atoms with Crippen molar-refractivity contribution in [1.29, 1.82) is 0 Å². The van der Waals surface area contributed by atoms with E-state index in [4.69, 9.17) is 19.3 Å². The number of ether oxygens (including phenoxy) is 3. The maximum atomic E-state index is 11.5. The Hall–Kier alpha value is -0.850. The summed E-state index contributed by atoms with van der Waals surface area (Å²) in [4.78, 5) is 13.0. The summed E-state index contributed by atoms with van der Waals surface area (Å²) in [6.07, 6.45) is 0.316. The molecular weight excluding hydrogens is 214 g/mol. The molecule has 0 rings (SSSR count). The second-order valence-electron chi connectivity index (χ2n) is 3.16. The molecule has 0 atom stereocenters. The molecule has 0 radical (unpaired) electrons. The highest BCUT2D eigenvalue weighted by Crippen LogP contribution is 1.97. The monoisotopic (exact) mass is 235 g/mol. The highest BCUT2D eigenvalue weighted by Gasteiger charge is 2.13. The van der Waals surface area contributed by atoms with Crippen LogP contribution >= 0.6 is 0 Å². The first-order valence-electron chi connectivity index (χ1n) is 5.26. The molecule has 0 aliphatic rings. The molecule has 0 aliphatic carbocycles. The zero-order valence-corrected chi connectivity index (χ0v) is 9.98. The van der Waals surface area contributed by atoms with E-state index in [0.717, 1.165) is 6.42 Å². The van der Waals surface area contributed by atoms with Crippen molar-refractivity contribution >= 4 is 6.09 Å². The summed E-state index contributed by atoms with van der Waals surface area (Å²) >= 11 is 0. The first-order chi connectivity index (χ1) is 7.76. The van der Waals surface area contributed by atoms with Crippen molar-refractivity contribution in [3.8, 4) is 0 Å². The maximum absolute atomic E-state index is 11.5. The Morgan fingerprint density at radius 2 is 1.81 bits per heavy atom. The van der Waals surface area contributed by atoms with Gasteiger partial charge in [0.2, 0.25) is 0 Å². The summed E-state index contributed by atoms with van der Waals surface area (Å²) < 4.78 is 14.6. The van der Waals surface area contributed by atoms with E-state index in [0.29, 0.717) is 26.3 Å². The van der Waals surface area contributed by atoms with Crippen LogP contribution in [0.4, 0.5) is 4.79 Å².